The summed E-state index contributed by atoms with van der Waals surface area (Å²) in [6.45, 7) is 0. The highest BCUT2D eigenvalue weighted by Gasteiger charge is 2.24. The van der Waals surface area contributed by atoms with E-state index in [2.05, 4.69) is 193 Å². The molecule has 56 heavy (non-hydrogen) atoms. The minimum Gasteiger partial charge on any atom is -0.460 e. The molecule has 2 heterocycles. The summed E-state index contributed by atoms with van der Waals surface area (Å²) in [4.78, 5) is 2.42. The van der Waals surface area contributed by atoms with E-state index in [9.17, 15) is 0 Å². The molecule has 0 fully saturated rings. The number of hydrogen-bond acceptors (Lipinski definition) is 3. The third-order valence-corrected chi connectivity index (χ3v) is 11.1. The fourth-order valence-corrected chi connectivity index (χ4v) is 8.48. The van der Waals surface area contributed by atoms with Crippen LogP contribution >= 0.6 is 0 Å². The zero-order valence-electron chi connectivity index (χ0n) is 30.5. The Balaban J connectivity index is 1.11. The molecule has 0 saturated heterocycles. The molecule has 0 unspecified atom stereocenters. The van der Waals surface area contributed by atoms with Crippen LogP contribution in [0.3, 0.4) is 0 Å². The number of nitrogens with zero attached hydrogens (tertiary/aromatic N) is 1. The van der Waals surface area contributed by atoms with Crippen LogP contribution in [-0.2, 0) is 6.42 Å². The maximum absolute atomic E-state index is 6.63. The molecular formula is C53H35NO2. The zero-order valence-corrected chi connectivity index (χ0v) is 30.5. The second-order valence-corrected chi connectivity index (χ2v) is 14.4. The van der Waals surface area contributed by atoms with Crippen LogP contribution in [0.5, 0.6) is 0 Å². The van der Waals surface area contributed by atoms with Crippen molar-refractivity contribution in [1.29, 1.82) is 0 Å². The maximum atomic E-state index is 6.63. The van der Waals surface area contributed by atoms with Gasteiger partial charge < -0.3 is 13.7 Å². The molecule has 3 heteroatoms. The number of hydrogen-bond donors (Lipinski definition) is 0. The first-order valence-electron chi connectivity index (χ1n) is 19.1. The number of anilines is 3. The van der Waals surface area contributed by atoms with Gasteiger partial charge in [-0.1, -0.05) is 146 Å². The first-order valence-corrected chi connectivity index (χ1v) is 19.1. The molecule has 0 atom stereocenters. The van der Waals surface area contributed by atoms with Gasteiger partial charge in [-0.05, 0) is 87.3 Å². The van der Waals surface area contributed by atoms with Crippen molar-refractivity contribution in [2.75, 3.05) is 4.90 Å². The van der Waals surface area contributed by atoms with Crippen molar-refractivity contribution in [3.05, 3.63) is 210 Å². The van der Waals surface area contributed by atoms with Crippen molar-refractivity contribution in [3.63, 3.8) is 0 Å². The number of fused-ring (bicyclic) bond motifs is 7. The van der Waals surface area contributed by atoms with Crippen molar-refractivity contribution in [3.8, 4) is 33.4 Å². The van der Waals surface area contributed by atoms with E-state index in [0.29, 0.717) is 0 Å². The van der Waals surface area contributed by atoms with E-state index in [0.717, 1.165) is 101 Å². The van der Waals surface area contributed by atoms with Crippen molar-refractivity contribution in [2.45, 2.75) is 6.42 Å². The average molecular weight is 718 g/mol. The molecule has 10 aromatic rings. The van der Waals surface area contributed by atoms with Gasteiger partial charge in [-0.3, -0.25) is 0 Å². The first-order chi connectivity index (χ1) is 27.8. The summed E-state index contributed by atoms with van der Waals surface area (Å²) in [6, 6.07) is 66.9. The maximum Gasteiger partial charge on any atom is 0.135 e. The van der Waals surface area contributed by atoms with Crippen molar-refractivity contribution in [1.82, 2.24) is 0 Å². The third-order valence-electron chi connectivity index (χ3n) is 11.1. The van der Waals surface area contributed by atoms with E-state index in [1.165, 1.54) is 10.4 Å². The molecule has 8 aromatic carbocycles. The molecule has 0 saturated carbocycles. The Labute approximate surface area is 324 Å². The fourth-order valence-electron chi connectivity index (χ4n) is 8.48. The Morgan fingerprint density at radius 2 is 1.05 bits per heavy atom. The summed E-state index contributed by atoms with van der Waals surface area (Å²) in [6.07, 6.45) is 5.32. The average Bonchev–Trinajstić information content (AvgIpc) is 3.75. The molecule has 2 aromatic heterocycles. The Hall–Kier alpha value is -7.36. The van der Waals surface area contributed by atoms with Crippen LogP contribution in [0, 0.1) is 0 Å². The first kappa shape index (κ1) is 32.1. The van der Waals surface area contributed by atoms with Gasteiger partial charge in [0.2, 0.25) is 0 Å². The molecule has 0 amide bonds. The van der Waals surface area contributed by atoms with E-state index in [1.54, 1.807) is 0 Å². The van der Waals surface area contributed by atoms with E-state index in [1.807, 2.05) is 12.1 Å². The molecule has 1 aliphatic rings. The zero-order chi connectivity index (χ0) is 37.0. The Kier molecular flexibility index (Phi) is 7.56. The lowest BCUT2D eigenvalue weighted by molar-refractivity contribution is 0.568. The molecule has 264 valence electrons. The standard InChI is InChI=1S/C53H35NO2/c1-2-14-37(15-3-1)41-17-6-9-21-47(41)54(40-29-25-36(26-30-40)39-28-32-50-45(33-39)43-19-8-11-23-49(43)55-50)48-22-10-7-18-42(48)44-20-12-24-52-53(44)46-34-38-16-5-4-13-35(38)27-31-51(46)56-52/h1-30,32-34H,31H2. The van der Waals surface area contributed by atoms with Crippen LogP contribution in [0.4, 0.5) is 17.1 Å². The molecule has 0 N–H and O–H groups in total. The van der Waals surface area contributed by atoms with Gasteiger partial charge in [0, 0.05) is 45.0 Å². The summed E-state index contributed by atoms with van der Waals surface area (Å²) < 4.78 is 12.8. The lowest BCUT2D eigenvalue weighted by Gasteiger charge is -2.30. The molecule has 3 nitrogen and oxygen atoms in total. The molecule has 0 aliphatic heterocycles. The van der Waals surface area contributed by atoms with Crippen LogP contribution < -0.4 is 15.3 Å². The molecule has 1 aliphatic carbocycles. The van der Waals surface area contributed by atoms with Gasteiger partial charge in [-0.25, -0.2) is 0 Å². The number of rotatable bonds is 6. The minimum atomic E-state index is 0.741. The molecule has 0 bridgehead atoms. The van der Waals surface area contributed by atoms with Gasteiger partial charge in [0.25, 0.3) is 0 Å². The van der Waals surface area contributed by atoms with Crippen LogP contribution in [0.2, 0.25) is 0 Å². The molecule has 11 rings (SSSR count). The smallest absolute Gasteiger partial charge is 0.135 e. The van der Waals surface area contributed by atoms with Crippen LogP contribution in [0.15, 0.2) is 197 Å². The summed E-state index contributed by atoms with van der Waals surface area (Å²) in [5.74, 6) is 0.990. The Bertz CT molecular complexity index is 3220. The summed E-state index contributed by atoms with van der Waals surface area (Å²) in [7, 11) is 0. The quantitative estimate of drug-likeness (QED) is 0.171. The molecular weight excluding hydrogens is 683 g/mol. The van der Waals surface area contributed by atoms with Crippen LogP contribution in [0.1, 0.15) is 11.3 Å². The Morgan fingerprint density at radius 1 is 0.411 bits per heavy atom. The van der Waals surface area contributed by atoms with E-state index >= 15 is 0 Å². The van der Waals surface area contributed by atoms with Gasteiger partial charge in [-0.2, -0.15) is 0 Å². The summed E-state index contributed by atoms with van der Waals surface area (Å²) in [5, 5.41) is 5.82. The SMILES string of the molecule is C1=c2ccccc2=Cc2c(oc3cccc(-c4ccccc4N(c4ccc(-c5ccc6oc7ccccc7c6c5)cc4)c4ccccc4-c4ccccc4)c23)C1. The van der Waals surface area contributed by atoms with E-state index in [4.69, 9.17) is 8.83 Å². The van der Waals surface area contributed by atoms with Crippen molar-refractivity contribution < 1.29 is 8.83 Å². The van der Waals surface area contributed by atoms with E-state index < -0.39 is 0 Å². The van der Waals surface area contributed by atoms with Gasteiger partial charge in [-0.15, -0.1) is 0 Å². The highest BCUT2D eigenvalue weighted by molar-refractivity contribution is 6.07. The molecule has 0 spiro atoms. The lowest BCUT2D eigenvalue weighted by Crippen LogP contribution is -2.22. The predicted molar refractivity (Wildman–Crippen MR) is 232 cm³/mol. The number of benzene rings is 8. The van der Waals surface area contributed by atoms with Crippen LogP contribution in [0.25, 0.3) is 78.4 Å². The van der Waals surface area contributed by atoms with Gasteiger partial charge in [0.05, 0.1) is 11.4 Å². The monoisotopic (exact) mass is 717 g/mol. The van der Waals surface area contributed by atoms with Crippen molar-refractivity contribution in [2.24, 2.45) is 0 Å². The van der Waals surface area contributed by atoms with Gasteiger partial charge >= 0.3 is 0 Å². The van der Waals surface area contributed by atoms with Crippen LogP contribution in [-0.4, -0.2) is 0 Å². The second kappa shape index (κ2) is 13.2. The highest BCUT2D eigenvalue weighted by atomic mass is 16.3. The predicted octanol–water partition coefficient (Wildman–Crippen LogP) is 13.0. The van der Waals surface area contributed by atoms with E-state index in [-0.39, 0.29) is 0 Å². The fraction of sp³-hybridized carbons (Fsp3) is 0.0189. The molecule has 0 radical (unpaired) electrons. The normalized spacial score (nSPS) is 12.1. The third kappa shape index (κ3) is 5.36. The lowest BCUT2D eigenvalue weighted by atomic mass is 9.94. The van der Waals surface area contributed by atoms with Gasteiger partial charge in [0.1, 0.15) is 22.5 Å². The largest absolute Gasteiger partial charge is 0.460 e. The minimum absolute atomic E-state index is 0.741. The highest BCUT2D eigenvalue weighted by Crippen LogP contribution is 2.47. The van der Waals surface area contributed by atoms with Crippen molar-refractivity contribution >= 4 is 62.1 Å². The van der Waals surface area contributed by atoms with Gasteiger partial charge in [0.15, 0.2) is 0 Å². The topological polar surface area (TPSA) is 29.5 Å². The summed E-state index contributed by atoms with van der Waals surface area (Å²) in [5.41, 5.74) is 14.0. The second-order valence-electron chi connectivity index (χ2n) is 14.4. The number of furan rings is 2. The number of para-hydroxylation sites is 3. The summed E-state index contributed by atoms with van der Waals surface area (Å²) >= 11 is 0. The Morgan fingerprint density at radius 3 is 1.91 bits per heavy atom.